The Kier molecular flexibility index (Phi) is 6.03. The first-order chi connectivity index (χ1) is 16.8. The van der Waals surface area contributed by atoms with Crippen molar-refractivity contribution in [2.75, 3.05) is 6.61 Å². The molecule has 1 unspecified atom stereocenters. The van der Waals surface area contributed by atoms with Gasteiger partial charge in [0, 0.05) is 5.92 Å². The molecule has 0 spiro atoms. The van der Waals surface area contributed by atoms with Crippen molar-refractivity contribution in [2.24, 2.45) is 5.92 Å². The smallest absolute Gasteiger partial charge is 0.408 e. The molecule has 0 aliphatic heterocycles. The number of carbonyl (C=O) groups excluding carboxylic acids is 2. The third-order valence-electron chi connectivity index (χ3n) is 8.00. The monoisotopic (exact) mass is 476 g/mol. The van der Waals surface area contributed by atoms with Crippen molar-refractivity contribution < 1.29 is 24.2 Å². The number of rotatable bonds is 8. The summed E-state index contributed by atoms with van der Waals surface area (Å²) in [6, 6.07) is 16.3. The highest BCUT2D eigenvalue weighted by molar-refractivity contribution is 5.91. The standard InChI is InChI=1S/C28H32N2O5/c1-27(18-12-13-18,25(33)29-28(16-24(31)32)14-6-7-15-28)30-26(34)35-17-23-21-10-4-2-8-19(21)20-9-3-5-11-22(20)23/h2-5,8-11,18,23H,6-7,12-17H2,1H3,(H,29,33)(H,30,34)(H,31,32). The minimum absolute atomic E-state index is 0.00580. The normalized spacial score (nSPS) is 19.8. The van der Waals surface area contributed by atoms with Gasteiger partial charge >= 0.3 is 12.1 Å². The fourth-order valence-corrected chi connectivity index (χ4v) is 5.91. The number of carboxylic acids is 1. The maximum atomic E-state index is 13.4. The highest BCUT2D eigenvalue weighted by Gasteiger charge is 2.51. The molecule has 1 atom stereocenters. The molecule has 0 radical (unpaired) electrons. The van der Waals surface area contributed by atoms with Crippen LogP contribution in [0.15, 0.2) is 48.5 Å². The molecule has 0 aromatic heterocycles. The molecular weight excluding hydrogens is 444 g/mol. The Hall–Kier alpha value is -3.35. The summed E-state index contributed by atoms with van der Waals surface area (Å²) in [5.41, 5.74) is 2.67. The largest absolute Gasteiger partial charge is 0.481 e. The lowest BCUT2D eigenvalue weighted by Gasteiger charge is -2.36. The van der Waals surface area contributed by atoms with Crippen LogP contribution >= 0.6 is 0 Å². The average molecular weight is 477 g/mol. The van der Waals surface area contributed by atoms with Gasteiger partial charge in [-0.3, -0.25) is 9.59 Å². The minimum atomic E-state index is -1.14. The molecule has 2 amide bonds. The van der Waals surface area contributed by atoms with Gasteiger partial charge in [-0.05, 0) is 60.8 Å². The minimum Gasteiger partial charge on any atom is -0.481 e. The van der Waals surface area contributed by atoms with E-state index >= 15 is 0 Å². The average Bonchev–Trinajstić information content (AvgIpc) is 3.53. The summed E-state index contributed by atoms with van der Waals surface area (Å²) < 4.78 is 5.70. The van der Waals surface area contributed by atoms with Crippen LogP contribution in [0.5, 0.6) is 0 Å². The van der Waals surface area contributed by atoms with E-state index in [0.717, 1.165) is 47.9 Å². The van der Waals surface area contributed by atoms with Crippen LogP contribution in [0.25, 0.3) is 11.1 Å². The van der Waals surface area contributed by atoms with Gasteiger partial charge in [0.15, 0.2) is 0 Å². The number of carbonyl (C=O) groups is 3. The Morgan fingerprint density at radius 2 is 1.57 bits per heavy atom. The van der Waals surface area contributed by atoms with Crippen LogP contribution in [0.4, 0.5) is 4.79 Å². The molecule has 3 N–H and O–H groups in total. The molecule has 0 saturated heterocycles. The maximum absolute atomic E-state index is 13.4. The molecule has 5 rings (SSSR count). The van der Waals surface area contributed by atoms with Crippen molar-refractivity contribution in [3.05, 3.63) is 59.7 Å². The van der Waals surface area contributed by atoms with E-state index in [4.69, 9.17) is 4.74 Å². The molecule has 7 heteroatoms. The van der Waals surface area contributed by atoms with Gasteiger partial charge < -0.3 is 20.5 Å². The lowest BCUT2D eigenvalue weighted by molar-refractivity contribution is -0.139. The number of amides is 2. The molecule has 3 aliphatic carbocycles. The summed E-state index contributed by atoms with van der Waals surface area (Å²) in [5.74, 6) is -1.31. The zero-order valence-electron chi connectivity index (χ0n) is 20.0. The van der Waals surface area contributed by atoms with Gasteiger partial charge in [-0.15, -0.1) is 0 Å². The number of aliphatic carboxylic acids is 1. The maximum Gasteiger partial charge on any atom is 0.408 e. The third-order valence-corrected chi connectivity index (χ3v) is 8.00. The number of benzene rings is 2. The number of fused-ring (bicyclic) bond motifs is 3. The van der Waals surface area contributed by atoms with E-state index in [1.807, 2.05) is 24.3 Å². The van der Waals surface area contributed by atoms with E-state index < -0.39 is 23.1 Å². The summed E-state index contributed by atoms with van der Waals surface area (Å²) in [5, 5.41) is 15.3. The second-order valence-corrected chi connectivity index (χ2v) is 10.4. The first-order valence-electron chi connectivity index (χ1n) is 12.5. The lowest BCUT2D eigenvalue weighted by Crippen LogP contribution is -2.63. The molecule has 2 saturated carbocycles. The van der Waals surface area contributed by atoms with Crippen LogP contribution in [0.3, 0.4) is 0 Å². The first kappa shape index (κ1) is 23.4. The Morgan fingerprint density at radius 1 is 1.00 bits per heavy atom. The molecule has 3 aliphatic rings. The molecule has 35 heavy (non-hydrogen) atoms. The molecule has 0 bridgehead atoms. The van der Waals surface area contributed by atoms with Crippen molar-refractivity contribution in [3.63, 3.8) is 0 Å². The zero-order valence-corrected chi connectivity index (χ0v) is 20.0. The SMILES string of the molecule is CC(NC(=O)OCC1c2ccccc2-c2ccccc21)(C(=O)NC1(CC(=O)O)CCCC1)C1CC1. The van der Waals surface area contributed by atoms with Crippen LogP contribution in [0, 0.1) is 5.92 Å². The highest BCUT2D eigenvalue weighted by Crippen LogP contribution is 2.45. The Labute approximate surface area is 205 Å². The molecule has 7 nitrogen and oxygen atoms in total. The van der Waals surface area contributed by atoms with Gasteiger partial charge in [0.25, 0.3) is 0 Å². The molecule has 2 aromatic carbocycles. The fraction of sp³-hybridized carbons (Fsp3) is 0.464. The summed E-state index contributed by atoms with van der Waals surface area (Å²) in [6.45, 7) is 1.90. The number of nitrogens with one attached hydrogen (secondary N) is 2. The topological polar surface area (TPSA) is 105 Å². The zero-order chi connectivity index (χ0) is 24.6. The van der Waals surface area contributed by atoms with E-state index in [0.29, 0.717) is 12.8 Å². The van der Waals surface area contributed by atoms with Crippen LogP contribution < -0.4 is 10.6 Å². The molecular formula is C28H32N2O5. The van der Waals surface area contributed by atoms with Crippen molar-refractivity contribution in [1.29, 1.82) is 0 Å². The number of hydrogen-bond acceptors (Lipinski definition) is 4. The quantitative estimate of drug-likeness (QED) is 0.517. The van der Waals surface area contributed by atoms with E-state index in [2.05, 4.69) is 34.9 Å². The molecule has 2 aromatic rings. The Morgan fingerprint density at radius 3 is 2.11 bits per heavy atom. The Bertz CT molecular complexity index is 1110. The van der Waals surface area contributed by atoms with Crippen molar-refractivity contribution >= 4 is 18.0 Å². The van der Waals surface area contributed by atoms with Crippen molar-refractivity contribution in [1.82, 2.24) is 10.6 Å². The van der Waals surface area contributed by atoms with Gasteiger partial charge in [0.1, 0.15) is 12.1 Å². The van der Waals surface area contributed by atoms with Gasteiger partial charge in [-0.2, -0.15) is 0 Å². The number of carboxylic acid groups (broad SMARTS) is 1. The van der Waals surface area contributed by atoms with Crippen LogP contribution in [0.1, 0.15) is 68.9 Å². The molecule has 2 fully saturated rings. The second-order valence-electron chi connectivity index (χ2n) is 10.4. The number of ether oxygens (including phenoxy) is 1. The fourth-order valence-electron chi connectivity index (χ4n) is 5.91. The van der Waals surface area contributed by atoms with Crippen LogP contribution in [0.2, 0.25) is 0 Å². The molecule has 0 heterocycles. The van der Waals surface area contributed by atoms with Crippen LogP contribution in [-0.4, -0.2) is 40.8 Å². The van der Waals surface area contributed by atoms with Gasteiger partial charge in [0.05, 0.1) is 12.0 Å². The summed E-state index contributed by atoms with van der Waals surface area (Å²) in [7, 11) is 0. The highest BCUT2D eigenvalue weighted by atomic mass is 16.5. The predicted octanol–water partition coefficient (Wildman–Crippen LogP) is 4.60. The van der Waals surface area contributed by atoms with Crippen molar-refractivity contribution in [3.8, 4) is 11.1 Å². The van der Waals surface area contributed by atoms with E-state index in [9.17, 15) is 19.5 Å². The Balaban J connectivity index is 1.28. The predicted molar refractivity (Wildman–Crippen MR) is 131 cm³/mol. The van der Waals surface area contributed by atoms with E-state index in [1.54, 1.807) is 6.92 Å². The number of hydrogen-bond donors (Lipinski definition) is 3. The third kappa shape index (κ3) is 4.51. The van der Waals surface area contributed by atoms with Gasteiger partial charge in [0.2, 0.25) is 5.91 Å². The number of alkyl carbamates (subject to hydrolysis) is 1. The lowest BCUT2D eigenvalue weighted by atomic mass is 9.88. The van der Waals surface area contributed by atoms with Crippen molar-refractivity contribution in [2.45, 2.75) is 68.9 Å². The summed E-state index contributed by atoms with van der Waals surface area (Å²) in [4.78, 5) is 37.9. The van der Waals surface area contributed by atoms with E-state index in [-0.39, 0.29) is 30.8 Å². The molecule has 184 valence electrons. The summed E-state index contributed by atoms with van der Waals surface area (Å²) in [6.07, 6.45) is 3.97. The van der Waals surface area contributed by atoms with Crippen LogP contribution in [-0.2, 0) is 14.3 Å². The van der Waals surface area contributed by atoms with Gasteiger partial charge in [-0.25, -0.2) is 4.79 Å². The van der Waals surface area contributed by atoms with E-state index in [1.165, 1.54) is 0 Å². The second kappa shape index (κ2) is 9.02. The first-order valence-corrected chi connectivity index (χ1v) is 12.5. The summed E-state index contributed by atoms with van der Waals surface area (Å²) >= 11 is 0. The van der Waals surface area contributed by atoms with Gasteiger partial charge in [-0.1, -0.05) is 61.4 Å².